The van der Waals surface area contributed by atoms with E-state index < -0.39 is 0 Å². The third-order valence-corrected chi connectivity index (χ3v) is 2.27. The number of hydrogen-bond donors (Lipinski definition) is 0. The standard InChI is InChI=1S/C6H5.3C5H5.Ce/c1-2-4-6-5-3-1;3*1-2-4-5-3-1;/h1-5H;3*1-5H;/q4*-1;+4. The summed E-state index contributed by atoms with van der Waals surface area (Å²) in [4.78, 5) is 0. The van der Waals surface area contributed by atoms with E-state index in [1.165, 1.54) is 0 Å². The minimum atomic E-state index is 0. The summed E-state index contributed by atoms with van der Waals surface area (Å²) >= 11 is 0. The molecule has 0 radical (unpaired) electrons. The second-order valence-corrected chi connectivity index (χ2v) is 3.96. The molecule has 0 atom stereocenters. The van der Waals surface area contributed by atoms with Gasteiger partial charge in [0.15, 0.2) is 0 Å². The van der Waals surface area contributed by atoms with Crippen molar-refractivity contribution < 1.29 is 41.7 Å². The molecule has 0 aliphatic carbocycles. The molecule has 0 aliphatic rings. The van der Waals surface area contributed by atoms with Crippen molar-refractivity contribution in [2.75, 3.05) is 0 Å². The molecule has 0 aliphatic heterocycles. The SMILES string of the molecule is [Ce+4].[c-]1ccccc1.c1cc[cH-]c1.c1cc[cH-]c1.c1cc[cH-]c1. The van der Waals surface area contributed by atoms with Crippen LogP contribution in [0.4, 0.5) is 0 Å². The number of benzene rings is 1. The van der Waals surface area contributed by atoms with E-state index in [4.69, 9.17) is 0 Å². The molecule has 0 nitrogen and oxygen atoms in total. The van der Waals surface area contributed by atoms with Gasteiger partial charge >= 0.3 is 41.7 Å². The number of rotatable bonds is 0. The second kappa shape index (κ2) is 17.7. The van der Waals surface area contributed by atoms with Crippen LogP contribution in [0, 0.1) is 47.8 Å². The average molecular weight is 413 g/mol. The maximum atomic E-state index is 2.89. The van der Waals surface area contributed by atoms with Crippen molar-refractivity contribution in [2.45, 2.75) is 0 Å². The molecule has 0 fully saturated rings. The molecular weight excluding hydrogens is 392 g/mol. The Hall–Kier alpha value is -1.35. The Labute approximate surface area is 167 Å². The zero-order valence-electron chi connectivity index (χ0n) is 12.5. The fourth-order valence-electron chi connectivity index (χ4n) is 1.30. The molecule has 4 aromatic carbocycles. The van der Waals surface area contributed by atoms with Gasteiger partial charge in [0.1, 0.15) is 0 Å². The van der Waals surface area contributed by atoms with Crippen molar-refractivity contribution in [3.8, 4) is 0 Å². The Balaban J connectivity index is 0.000000264. The van der Waals surface area contributed by atoms with Crippen molar-refractivity contribution in [1.82, 2.24) is 0 Å². The zero-order chi connectivity index (χ0) is 14.8. The Morgan fingerprint density at radius 1 is 0.409 bits per heavy atom. The fraction of sp³-hybridized carbons (Fsp3) is 0. The van der Waals surface area contributed by atoms with Crippen LogP contribution >= 0.6 is 0 Å². The predicted octanol–water partition coefficient (Wildman–Crippen LogP) is 5.70. The molecule has 0 bridgehead atoms. The molecular formula is C21H20Ce. The van der Waals surface area contributed by atoms with Gasteiger partial charge in [-0.25, -0.2) is 36.4 Å². The summed E-state index contributed by atoms with van der Waals surface area (Å²) in [7, 11) is 0. The van der Waals surface area contributed by atoms with E-state index in [9.17, 15) is 0 Å². The van der Waals surface area contributed by atoms with Crippen LogP contribution in [0.15, 0.2) is 121 Å². The van der Waals surface area contributed by atoms with Crippen LogP contribution in [0.1, 0.15) is 0 Å². The first-order chi connectivity index (χ1) is 10.5. The Kier molecular flexibility index (Phi) is 16.6. The van der Waals surface area contributed by atoms with Gasteiger partial charge in [0, 0.05) is 0 Å². The van der Waals surface area contributed by atoms with Gasteiger partial charge in [0.25, 0.3) is 0 Å². The monoisotopic (exact) mass is 412 g/mol. The molecule has 0 heterocycles. The van der Waals surface area contributed by atoms with Gasteiger partial charge in [0.05, 0.1) is 0 Å². The van der Waals surface area contributed by atoms with E-state index in [1.807, 2.05) is 121 Å². The molecule has 4 rings (SSSR count). The molecule has 108 valence electrons. The van der Waals surface area contributed by atoms with Crippen LogP contribution in [-0.4, -0.2) is 0 Å². The van der Waals surface area contributed by atoms with E-state index >= 15 is 0 Å². The number of hydrogen-bond acceptors (Lipinski definition) is 0. The maximum Gasteiger partial charge on any atom is 4.00 e. The smallest absolute Gasteiger partial charge is 0.214 e. The van der Waals surface area contributed by atoms with Gasteiger partial charge in [-0.2, -0.15) is 91.0 Å². The summed E-state index contributed by atoms with van der Waals surface area (Å²) in [5.41, 5.74) is 0. The molecule has 1 heteroatoms. The molecule has 22 heavy (non-hydrogen) atoms. The summed E-state index contributed by atoms with van der Waals surface area (Å²) in [5, 5.41) is 0. The Bertz CT molecular complexity index is 405. The second-order valence-electron chi connectivity index (χ2n) is 3.96. The molecule has 0 N–H and O–H groups in total. The molecule has 0 spiro atoms. The molecule has 0 aromatic heterocycles. The molecule has 0 amide bonds. The zero-order valence-corrected chi connectivity index (χ0v) is 15.7. The Morgan fingerprint density at radius 2 is 0.727 bits per heavy atom. The fourth-order valence-corrected chi connectivity index (χ4v) is 1.30. The first kappa shape index (κ1) is 20.6. The topological polar surface area (TPSA) is 0 Å². The van der Waals surface area contributed by atoms with E-state index in [0.717, 1.165) is 0 Å². The third kappa shape index (κ3) is 15.0. The summed E-state index contributed by atoms with van der Waals surface area (Å²) < 4.78 is 0. The van der Waals surface area contributed by atoms with Gasteiger partial charge < -0.3 is 0 Å². The van der Waals surface area contributed by atoms with E-state index in [0.29, 0.717) is 0 Å². The predicted molar refractivity (Wildman–Crippen MR) is 91.4 cm³/mol. The van der Waals surface area contributed by atoms with Crippen LogP contribution in [0.5, 0.6) is 0 Å². The third-order valence-electron chi connectivity index (χ3n) is 2.27. The molecule has 0 saturated carbocycles. The van der Waals surface area contributed by atoms with Crippen LogP contribution in [0.3, 0.4) is 0 Å². The first-order valence-electron chi connectivity index (χ1n) is 6.91. The maximum absolute atomic E-state index is 2.89. The normalized spacial score (nSPS) is 7.64. The quantitative estimate of drug-likeness (QED) is 0.325. The van der Waals surface area contributed by atoms with Gasteiger partial charge in [-0.05, 0) is 0 Å². The van der Waals surface area contributed by atoms with Crippen LogP contribution in [0.2, 0.25) is 0 Å². The van der Waals surface area contributed by atoms with Crippen molar-refractivity contribution in [3.05, 3.63) is 127 Å². The van der Waals surface area contributed by atoms with Gasteiger partial charge in [-0.15, -0.1) is 0 Å². The summed E-state index contributed by atoms with van der Waals surface area (Å²) in [6, 6.07) is 42.5. The summed E-state index contributed by atoms with van der Waals surface area (Å²) in [5.74, 6) is 0. The molecule has 0 saturated heterocycles. The summed E-state index contributed by atoms with van der Waals surface area (Å²) in [6.45, 7) is 0. The Morgan fingerprint density at radius 3 is 0.818 bits per heavy atom. The largest absolute Gasteiger partial charge is 4.00 e. The minimum Gasteiger partial charge on any atom is -0.214 e. The van der Waals surface area contributed by atoms with E-state index in [2.05, 4.69) is 6.07 Å². The minimum absolute atomic E-state index is 0. The van der Waals surface area contributed by atoms with Gasteiger partial charge in [0.2, 0.25) is 0 Å². The van der Waals surface area contributed by atoms with Gasteiger partial charge in [-0.3, -0.25) is 0 Å². The van der Waals surface area contributed by atoms with Gasteiger partial charge in [-0.1, -0.05) is 0 Å². The molecule has 0 unspecified atom stereocenters. The van der Waals surface area contributed by atoms with Crippen LogP contribution < -0.4 is 0 Å². The van der Waals surface area contributed by atoms with Crippen molar-refractivity contribution >= 4 is 0 Å². The first-order valence-corrected chi connectivity index (χ1v) is 6.91. The van der Waals surface area contributed by atoms with E-state index in [1.54, 1.807) is 0 Å². The van der Waals surface area contributed by atoms with Crippen molar-refractivity contribution in [3.63, 3.8) is 0 Å². The van der Waals surface area contributed by atoms with E-state index in [-0.39, 0.29) is 41.7 Å². The molecule has 4 aromatic rings. The van der Waals surface area contributed by atoms with Crippen LogP contribution in [0.25, 0.3) is 0 Å². The van der Waals surface area contributed by atoms with Crippen molar-refractivity contribution in [1.29, 1.82) is 0 Å². The van der Waals surface area contributed by atoms with Crippen LogP contribution in [-0.2, 0) is 0 Å². The van der Waals surface area contributed by atoms with Crippen molar-refractivity contribution in [2.24, 2.45) is 0 Å². The summed E-state index contributed by atoms with van der Waals surface area (Å²) in [6.07, 6.45) is 0. The average Bonchev–Trinajstić information content (AvgIpc) is 3.38.